The Morgan fingerprint density at radius 1 is 0.404 bits per heavy atom. The van der Waals surface area contributed by atoms with Crippen LogP contribution in [0.1, 0.15) is 20.8 Å². The lowest BCUT2D eigenvalue weighted by Gasteiger charge is -2.19. The van der Waals surface area contributed by atoms with Crippen molar-refractivity contribution in [3.8, 4) is 0 Å². The minimum absolute atomic E-state index is 0.382. The number of alkyl carbamates (subject to hydrolysis) is 1. The van der Waals surface area contributed by atoms with Crippen LogP contribution in [-0.4, -0.2) is 183 Å². The molecule has 0 radical (unpaired) electrons. The fraction of sp³-hybridized carbons (Fsp3) is 0.968. The summed E-state index contributed by atoms with van der Waals surface area (Å²) < 4.78 is 70.2. The molecule has 0 bridgehead atoms. The first kappa shape index (κ1) is 45.8. The molecule has 0 fully saturated rings. The minimum atomic E-state index is -0.512. The van der Waals surface area contributed by atoms with E-state index in [0.717, 1.165) is 0 Å². The first-order chi connectivity index (χ1) is 23.0. The van der Waals surface area contributed by atoms with Crippen LogP contribution in [0, 0.1) is 0 Å². The van der Waals surface area contributed by atoms with E-state index < -0.39 is 11.7 Å². The summed E-state index contributed by atoms with van der Waals surface area (Å²) in [6.45, 7) is 18.3. The number of nitrogens with two attached hydrogens (primary N) is 1. The maximum absolute atomic E-state index is 11.5. The average Bonchev–Trinajstić information content (AvgIpc) is 3.03. The molecule has 0 rings (SSSR count). The molecule has 0 aliphatic carbocycles. The second-order valence-corrected chi connectivity index (χ2v) is 10.6. The van der Waals surface area contributed by atoms with Gasteiger partial charge in [-0.05, 0) is 20.8 Å². The average molecular weight is 689 g/mol. The number of hydrogen-bond donors (Lipinski definition) is 2. The zero-order valence-electron chi connectivity index (χ0n) is 29.2. The third-order valence-electron chi connectivity index (χ3n) is 5.27. The number of amides is 1. The smallest absolute Gasteiger partial charge is 0.407 e. The Morgan fingerprint density at radius 2 is 0.617 bits per heavy atom. The van der Waals surface area contributed by atoms with Gasteiger partial charge in [-0.15, -0.1) is 0 Å². The molecule has 0 saturated carbocycles. The topological polar surface area (TPSA) is 175 Å². The van der Waals surface area contributed by atoms with Crippen LogP contribution in [0.25, 0.3) is 0 Å². The van der Waals surface area contributed by atoms with Gasteiger partial charge in [-0.1, -0.05) is 0 Å². The molecule has 0 aromatic rings. The molecule has 0 spiro atoms. The first-order valence-corrected chi connectivity index (χ1v) is 16.6. The highest BCUT2D eigenvalue weighted by molar-refractivity contribution is 5.67. The van der Waals surface area contributed by atoms with E-state index in [-0.39, 0.29) is 0 Å². The molecule has 1 amide bonds. The van der Waals surface area contributed by atoms with Gasteiger partial charge in [0.2, 0.25) is 0 Å². The molecule has 282 valence electrons. The van der Waals surface area contributed by atoms with Crippen LogP contribution in [0.2, 0.25) is 0 Å². The molecule has 0 aliphatic heterocycles. The number of hydrogen-bond acceptors (Lipinski definition) is 15. The maximum Gasteiger partial charge on any atom is 0.407 e. The molecule has 0 heterocycles. The predicted molar refractivity (Wildman–Crippen MR) is 173 cm³/mol. The Bertz CT molecular complexity index is 632. The third-order valence-corrected chi connectivity index (χ3v) is 5.27. The molecule has 0 aromatic heterocycles. The molecular formula is C31H64N2O14. The van der Waals surface area contributed by atoms with E-state index in [1.165, 1.54) is 0 Å². The summed E-state index contributed by atoms with van der Waals surface area (Å²) in [5.74, 6) is 0. The Morgan fingerprint density at radius 3 is 0.830 bits per heavy atom. The van der Waals surface area contributed by atoms with Crippen molar-refractivity contribution in [1.29, 1.82) is 0 Å². The molecule has 16 heteroatoms. The van der Waals surface area contributed by atoms with Crippen molar-refractivity contribution >= 4 is 6.09 Å². The molecule has 0 saturated heterocycles. The van der Waals surface area contributed by atoms with Crippen LogP contribution < -0.4 is 11.1 Å². The predicted octanol–water partition coefficient (Wildman–Crippen LogP) is 0.669. The van der Waals surface area contributed by atoms with E-state index >= 15 is 0 Å². The highest BCUT2D eigenvalue weighted by atomic mass is 16.6. The highest BCUT2D eigenvalue weighted by Gasteiger charge is 2.15. The van der Waals surface area contributed by atoms with Gasteiger partial charge in [-0.2, -0.15) is 0 Å². The van der Waals surface area contributed by atoms with Gasteiger partial charge in [-0.3, -0.25) is 0 Å². The van der Waals surface area contributed by atoms with Crippen molar-refractivity contribution in [2.24, 2.45) is 5.73 Å². The van der Waals surface area contributed by atoms with Crippen LogP contribution in [0.3, 0.4) is 0 Å². The number of carbonyl (C=O) groups is 1. The van der Waals surface area contributed by atoms with Crippen LogP contribution in [0.4, 0.5) is 4.79 Å². The summed E-state index contributed by atoms with van der Waals surface area (Å²) in [6, 6.07) is 0. The fourth-order valence-corrected chi connectivity index (χ4v) is 3.14. The lowest BCUT2D eigenvalue weighted by molar-refractivity contribution is -0.0282. The molecule has 0 aliphatic rings. The van der Waals surface area contributed by atoms with Gasteiger partial charge in [0.1, 0.15) is 5.60 Å². The van der Waals surface area contributed by atoms with Gasteiger partial charge in [0, 0.05) is 13.1 Å². The Labute approximate surface area is 281 Å². The van der Waals surface area contributed by atoms with Crippen LogP contribution in [-0.2, 0) is 61.6 Å². The van der Waals surface area contributed by atoms with Gasteiger partial charge in [-0.25, -0.2) is 4.79 Å². The van der Waals surface area contributed by atoms with E-state index in [9.17, 15) is 4.79 Å². The number of rotatable bonds is 38. The quantitative estimate of drug-likeness (QED) is 0.0866. The minimum Gasteiger partial charge on any atom is -0.444 e. The van der Waals surface area contributed by atoms with Crippen LogP contribution in [0.15, 0.2) is 0 Å². The van der Waals surface area contributed by atoms with Gasteiger partial charge >= 0.3 is 6.09 Å². The van der Waals surface area contributed by atoms with Gasteiger partial charge in [0.25, 0.3) is 0 Å². The second-order valence-electron chi connectivity index (χ2n) is 10.6. The van der Waals surface area contributed by atoms with Crippen molar-refractivity contribution in [1.82, 2.24) is 5.32 Å². The molecular weight excluding hydrogens is 624 g/mol. The van der Waals surface area contributed by atoms with Crippen molar-refractivity contribution in [3.05, 3.63) is 0 Å². The van der Waals surface area contributed by atoms with E-state index in [2.05, 4.69) is 5.32 Å². The van der Waals surface area contributed by atoms with E-state index in [0.29, 0.717) is 172 Å². The molecule has 3 N–H and O–H groups in total. The monoisotopic (exact) mass is 688 g/mol. The standard InChI is InChI=1S/C31H64N2O14/c1-31(2,3)47-30(34)33-5-7-36-9-11-38-13-15-40-17-19-42-21-23-44-25-27-46-29-28-45-26-24-43-22-20-41-18-16-39-14-12-37-10-8-35-6-4-32/h4-29,32H2,1-3H3,(H,33,34). The first-order valence-electron chi connectivity index (χ1n) is 16.6. The SMILES string of the molecule is CC(C)(C)OC(=O)NCCOCCOCCOCCOCCOCCOCCOCCOCCOCCOCCOCCOCCN. The van der Waals surface area contributed by atoms with Crippen LogP contribution in [0.5, 0.6) is 0 Å². The van der Waals surface area contributed by atoms with E-state index in [1.54, 1.807) is 0 Å². The zero-order chi connectivity index (χ0) is 34.4. The zero-order valence-corrected chi connectivity index (χ0v) is 29.2. The van der Waals surface area contributed by atoms with E-state index in [1.807, 2.05) is 20.8 Å². The van der Waals surface area contributed by atoms with Crippen molar-refractivity contribution < 1.29 is 66.4 Å². The number of ether oxygens (including phenoxy) is 13. The summed E-state index contributed by atoms with van der Waals surface area (Å²) in [7, 11) is 0. The summed E-state index contributed by atoms with van der Waals surface area (Å²) in [5.41, 5.74) is 4.82. The Kier molecular flexibility index (Phi) is 36.6. The Hall–Kier alpha value is -1.25. The lowest BCUT2D eigenvalue weighted by Crippen LogP contribution is -2.34. The fourth-order valence-electron chi connectivity index (χ4n) is 3.14. The largest absolute Gasteiger partial charge is 0.444 e. The van der Waals surface area contributed by atoms with E-state index in [4.69, 9.17) is 67.3 Å². The van der Waals surface area contributed by atoms with Crippen LogP contribution >= 0.6 is 0 Å². The number of nitrogens with one attached hydrogen (secondary N) is 1. The molecule has 47 heavy (non-hydrogen) atoms. The summed E-state index contributed by atoms with van der Waals surface area (Å²) >= 11 is 0. The summed E-state index contributed by atoms with van der Waals surface area (Å²) in [5, 5.41) is 2.63. The molecule has 0 aromatic carbocycles. The molecule has 16 nitrogen and oxygen atoms in total. The van der Waals surface area contributed by atoms with Crippen molar-refractivity contribution in [3.63, 3.8) is 0 Å². The van der Waals surface area contributed by atoms with Gasteiger partial charge in [0.05, 0.1) is 159 Å². The van der Waals surface area contributed by atoms with Crippen molar-refractivity contribution in [2.75, 3.05) is 172 Å². The summed E-state index contributed by atoms with van der Waals surface area (Å²) in [4.78, 5) is 11.5. The van der Waals surface area contributed by atoms with Crippen molar-refractivity contribution in [2.45, 2.75) is 26.4 Å². The maximum atomic E-state index is 11.5. The second kappa shape index (κ2) is 37.6. The normalized spacial score (nSPS) is 11.7. The number of carbonyl (C=O) groups excluding carboxylic acids is 1. The lowest BCUT2D eigenvalue weighted by atomic mass is 10.2. The third kappa shape index (κ3) is 42.7. The molecule has 0 unspecified atom stereocenters. The van der Waals surface area contributed by atoms with Gasteiger partial charge < -0.3 is 72.6 Å². The molecule has 0 atom stereocenters. The highest BCUT2D eigenvalue weighted by Crippen LogP contribution is 2.06. The van der Waals surface area contributed by atoms with Gasteiger partial charge in [0.15, 0.2) is 0 Å². The Balaban J connectivity index is 3.09. The summed E-state index contributed by atoms with van der Waals surface area (Å²) in [6.07, 6.45) is -0.453.